The number of benzene rings is 5. The molecule has 20 heteroatoms. The number of amides is 2. The third-order valence-electron chi connectivity index (χ3n) is 14.2. The van der Waals surface area contributed by atoms with Gasteiger partial charge < -0.3 is 43.4 Å². The van der Waals surface area contributed by atoms with Crippen molar-refractivity contribution < 1.29 is 42.3 Å². The second-order valence-corrected chi connectivity index (χ2v) is 26.3. The Bertz CT molecular complexity index is 3250. The van der Waals surface area contributed by atoms with Gasteiger partial charge in [-0.3, -0.25) is 19.1 Å². The quantitative estimate of drug-likeness (QED) is 0.0190. The van der Waals surface area contributed by atoms with Crippen molar-refractivity contribution in [3.8, 4) is 28.7 Å². The maximum absolute atomic E-state index is 14.0. The molecule has 1 aliphatic heterocycles. The lowest BCUT2D eigenvalue weighted by Gasteiger charge is -2.39. The number of hydrogen-bond donors (Lipinski definition) is 3. The number of nitriles is 1. The summed E-state index contributed by atoms with van der Waals surface area (Å²) in [6.07, 6.45) is 1.55. The number of methoxy groups -OCH3 is 2. The van der Waals surface area contributed by atoms with E-state index in [1.54, 1.807) is 31.1 Å². The molecule has 1 saturated heterocycles. The van der Waals surface area contributed by atoms with E-state index in [1.165, 1.54) is 27.6 Å². The van der Waals surface area contributed by atoms with Gasteiger partial charge in [0.25, 0.3) is 14.1 Å². The Morgan fingerprint density at radius 2 is 1.42 bits per heavy atom. The van der Waals surface area contributed by atoms with E-state index in [2.05, 4.69) is 59.3 Å². The van der Waals surface area contributed by atoms with Gasteiger partial charge in [-0.05, 0) is 90.9 Å². The van der Waals surface area contributed by atoms with Gasteiger partial charge in [-0.2, -0.15) is 5.26 Å². The second-order valence-electron chi connectivity index (χ2n) is 21.8. The van der Waals surface area contributed by atoms with E-state index >= 15 is 0 Å². The summed E-state index contributed by atoms with van der Waals surface area (Å²) in [6, 6.07) is 42.5. The molecule has 17 nitrogen and oxygen atoms in total. The van der Waals surface area contributed by atoms with Crippen LogP contribution in [0.1, 0.15) is 107 Å². The maximum Gasteiger partial charge on any atom is 0.407 e. The molecule has 1 unspecified atom stereocenters. The zero-order valence-electron chi connectivity index (χ0n) is 48.9. The molecule has 1 aliphatic carbocycles. The van der Waals surface area contributed by atoms with Crippen LogP contribution in [0.3, 0.4) is 0 Å². The number of nitrogens with zero attached hydrogens (tertiary/aromatic N) is 3. The Kier molecular flexibility index (Phi) is 22.1. The monoisotopic (exact) mass is 1200 g/mol. The molecule has 2 amide bonds. The average molecular weight is 1200 g/mol. The van der Waals surface area contributed by atoms with Gasteiger partial charge in [0.2, 0.25) is 5.91 Å². The number of fused-ring (bicyclic) bond motifs is 3. The van der Waals surface area contributed by atoms with Crippen molar-refractivity contribution in [2.45, 2.75) is 114 Å². The minimum atomic E-state index is -1.80. The largest absolute Gasteiger partial charge is 0.497 e. The summed E-state index contributed by atoms with van der Waals surface area (Å²) in [5.74, 6) is 0.968. The number of carbonyl (C=O) groups excluding carboxylic acids is 2. The van der Waals surface area contributed by atoms with Crippen molar-refractivity contribution >= 4 is 48.2 Å². The van der Waals surface area contributed by atoms with Crippen molar-refractivity contribution in [3.63, 3.8) is 0 Å². The molecule has 6 aromatic rings. The highest BCUT2D eigenvalue weighted by Gasteiger charge is 2.45. The Hall–Kier alpha value is -6.72. The van der Waals surface area contributed by atoms with Crippen molar-refractivity contribution in [3.05, 3.63) is 194 Å². The average Bonchev–Trinajstić information content (AvgIpc) is 3.25. The van der Waals surface area contributed by atoms with Crippen LogP contribution in [0.2, 0.25) is 0 Å². The zero-order valence-corrected chi connectivity index (χ0v) is 51.5. The highest BCUT2D eigenvalue weighted by Crippen LogP contribution is 2.51. The van der Waals surface area contributed by atoms with E-state index in [9.17, 15) is 24.4 Å². The molecule has 3 N–H and O–H groups in total. The fourth-order valence-electron chi connectivity index (χ4n) is 10.4. The summed E-state index contributed by atoms with van der Waals surface area (Å²) in [7, 11) is 4.48. The van der Waals surface area contributed by atoms with Crippen molar-refractivity contribution in [1.82, 2.24) is 24.9 Å². The summed E-state index contributed by atoms with van der Waals surface area (Å²) in [4.78, 5) is 57.3. The van der Waals surface area contributed by atoms with Gasteiger partial charge in [-0.15, -0.1) is 0 Å². The van der Waals surface area contributed by atoms with Crippen LogP contribution in [-0.2, 0) is 33.7 Å². The van der Waals surface area contributed by atoms with Crippen LogP contribution >= 0.6 is 30.1 Å². The molecule has 2 heterocycles. The van der Waals surface area contributed by atoms with E-state index < -0.39 is 61.9 Å². The van der Waals surface area contributed by atoms with Crippen LogP contribution in [0, 0.1) is 11.3 Å². The van der Waals surface area contributed by atoms with E-state index in [0.717, 1.165) is 38.9 Å². The van der Waals surface area contributed by atoms with E-state index in [0.29, 0.717) is 11.5 Å². The van der Waals surface area contributed by atoms with Gasteiger partial charge >= 0.3 is 11.8 Å². The predicted molar refractivity (Wildman–Crippen MR) is 332 cm³/mol. The Morgan fingerprint density at radius 3 is 1.99 bits per heavy atom. The molecule has 5 atom stereocenters. The first kappa shape index (κ1) is 63.3. The van der Waals surface area contributed by atoms with E-state index in [-0.39, 0.29) is 73.3 Å². The molecule has 0 spiro atoms. The van der Waals surface area contributed by atoms with Crippen LogP contribution in [-0.4, -0.2) is 108 Å². The van der Waals surface area contributed by atoms with Gasteiger partial charge in [0, 0.05) is 47.7 Å². The molecule has 444 valence electrons. The first-order valence-corrected chi connectivity index (χ1v) is 31.5. The normalized spacial score (nSPS) is 16.8. The number of alkyl carbamates (subject to hydrolysis) is 1. The molecular formula is C64H75N6O11PS2. The molecule has 5 aromatic carbocycles. The first-order chi connectivity index (χ1) is 40.4. The standard InChI is InChI=1S/C64H75N6O11PS2/c1-42(2)70(43(3)4)82(79-36-18-34-65)81-56-37-58(80-57(56)40-78-64(45-20-11-10-12-21-45,46-26-30-48(75-8)31-27-46)47-28-32-49(76-9)33-29-47)69-38-44(59(71)68-61(69)73)19-17-35-66-60(72)55(41-83-84-63(5,6)7)67-62(74)77-39-54-52-24-15-13-22-50(52)51-23-14-16-25-53(51)54/h10-17,19-33,38,42-43,54-58H,18,35-37,39-41H2,1-9H3,(H,66,72)(H,67,74)(H,68,71,73)/b19-17+/t55-,56-,57+,58+,82?/m0/s1. The Labute approximate surface area is 501 Å². The fourth-order valence-corrected chi connectivity index (χ4v) is 14.6. The van der Waals surface area contributed by atoms with E-state index in [4.69, 9.17) is 32.7 Å². The summed E-state index contributed by atoms with van der Waals surface area (Å²) in [6.45, 7) is 14.5. The van der Waals surface area contributed by atoms with Crippen molar-refractivity contribution in [2.24, 2.45) is 0 Å². The maximum atomic E-state index is 14.0. The zero-order chi connectivity index (χ0) is 60.0. The lowest BCUT2D eigenvalue weighted by atomic mass is 9.80. The van der Waals surface area contributed by atoms with Crippen LogP contribution in [0.4, 0.5) is 4.79 Å². The minimum absolute atomic E-state index is 0.0160. The summed E-state index contributed by atoms with van der Waals surface area (Å²) in [5, 5.41) is 15.2. The van der Waals surface area contributed by atoms with Crippen molar-refractivity contribution in [2.75, 3.05) is 46.3 Å². The molecule has 0 radical (unpaired) electrons. The van der Waals surface area contributed by atoms with Gasteiger partial charge in [0.05, 0.1) is 51.6 Å². The van der Waals surface area contributed by atoms with Gasteiger partial charge in [-0.25, -0.2) is 14.3 Å². The number of aromatic amines is 1. The number of carbonyl (C=O) groups is 2. The molecular weight excluding hydrogens is 1120 g/mol. The molecule has 8 rings (SSSR count). The van der Waals surface area contributed by atoms with Gasteiger partial charge in [0.15, 0.2) is 0 Å². The van der Waals surface area contributed by atoms with Gasteiger partial charge in [0.1, 0.15) is 42.1 Å². The van der Waals surface area contributed by atoms with Crippen molar-refractivity contribution in [1.29, 1.82) is 5.26 Å². The lowest BCUT2D eigenvalue weighted by Crippen LogP contribution is -2.48. The second kappa shape index (κ2) is 29.4. The van der Waals surface area contributed by atoms with Crippen LogP contribution in [0.15, 0.2) is 149 Å². The molecule has 84 heavy (non-hydrogen) atoms. The predicted octanol–water partition coefficient (Wildman–Crippen LogP) is 11.7. The first-order valence-electron chi connectivity index (χ1n) is 28.1. The molecule has 1 fully saturated rings. The number of nitrogens with one attached hydrogen (secondary N) is 3. The molecule has 1 aromatic heterocycles. The SMILES string of the molecule is COc1ccc(C(OC[C@H]2O[C@@H](n3cc(/C=C/CNC(=O)[C@H](CSSC(C)(C)C)NC(=O)OCC4c5ccccc5-c5ccccc54)c(=O)[nH]c3=O)C[C@@H]2OP(OCCC#N)N(C(C)C)C(C)C)(c2ccccc2)c2ccc(OC)cc2)cc1. The molecule has 0 saturated carbocycles. The van der Waals surface area contributed by atoms with Crippen LogP contribution in [0.25, 0.3) is 17.2 Å². The summed E-state index contributed by atoms with van der Waals surface area (Å²) in [5.41, 5.74) is 4.29. The summed E-state index contributed by atoms with van der Waals surface area (Å²) < 4.78 is 48.0. The minimum Gasteiger partial charge on any atom is -0.497 e. The number of ether oxygens (including phenoxy) is 5. The Morgan fingerprint density at radius 1 is 0.833 bits per heavy atom. The highest BCUT2D eigenvalue weighted by atomic mass is 33.1. The number of rotatable bonds is 27. The number of H-pyrrole nitrogens is 1. The molecule has 2 aliphatic rings. The lowest BCUT2D eigenvalue weighted by molar-refractivity contribution is -0.122. The van der Waals surface area contributed by atoms with Crippen LogP contribution in [0.5, 0.6) is 11.5 Å². The summed E-state index contributed by atoms with van der Waals surface area (Å²) >= 11 is 0. The highest BCUT2D eigenvalue weighted by molar-refractivity contribution is 8.77. The third kappa shape index (κ3) is 15.6. The smallest absolute Gasteiger partial charge is 0.407 e. The van der Waals surface area contributed by atoms with Gasteiger partial charge in [-0.1, -0.05) is 158 Å². The van der Waals surface area contributed by atoms with Crippen LogP contribution < -0.4 is 31.4 Å². The topological polar surface area (TPSA) is 205 Å². The van der Waals surface area contributed by atoms with E-state index in [1.807, 2.05) is 143 Å². The Balaban J connectivity index is 1.04. The fraction of sp³-hybridized carbons (Fsp3) is 0.391. The third-order valence-corrected chi connectivity index (χ3v) is 19.7. The number of aromatic nitrogens is 2. The molecule has 0 bridgehead atoms. The number of hydrogen-bond acceptors (Lipinski definition) is 15.